The van der Waals surface area contributed by atoms with Crippen LogP contribution < -0.4 is 5.32 Å². The number of ether oxygens (including phenoxy) is 2. The summed E-state index contributed by atoms with van der Waals surface area (Å²) in [5, 5.41) is 5.23. The van der Waals surface area contributed by atoms with Crippen molar-refractivity contribution in [3.05, 3.63) is 16.9 Å². The second kappa shape index (κ2) is 13.4. The van der Waals surface area contributed by atoms with Gasteiger partial charge in [0.05, 0.1) is 37.2 Å². The molecule has 0 bridgehead atoms. The van der Waals surface area contributed by atoms with Crippen LogP contribution >= 0.6 is 11.6 Å². The average Bonchev–Trinajstić information content (AvgIpc) is 2.71. The number of piperidine rings is 1. The van der Waals surface area contributed by atoms with Gasteiger partial charge in [0, 0.05) is 19.1 Å². The Morgan fingerprint density at radius 2 is 1.93 bits per heavy atom. The van der Waals surface area contributed by atoms with Crippen molar-refractivity contribution < 1.29 is 23.9 Å². The highest BCUT2D eigenvalue weighted by Crippen LogP contribution is 2.26. The van der Waals surface area contributed by atoms with E-state index in [0.717, 1.165) is 25.8 Å². The van der Waals surface area contributed by atoms with Crippen LogP contribution in [0, 0.1) is 0 Å². The SMILES string of the molecule is C.CCOC(=O)C(C(=O)OCC)c1nc(NCCC2CCCCN2OC)ncc1Cl. The Kier molecular flexibility index (Phi) is 11.6. The van der Waals surface area contributed by atoms with E-state index in [1.54, 1.807) is 21.0 Å². The van der Waals surface area contributed by atoms with Gasteiger partial charge in [-0.15, -0.1) is 0 Å². The lowest BCUT2D eigenvalue weighted by molar-refractivity contribution is -0.175. The number of carbonyl (C=O) groups is 2. The summed E-state index contributed by atoms with van der Waals surface area (Å²) in [5.74, 6) is -2.58. The van der Waals surface area contributed by atoms with Crippen molar-refractivity contribution in [2.24, 2.45) is 0 Å². The Balaban J connectivity index is 0.00000450. The fourth-order valence-corrected chi connectivity index (χ4v) is 3.49. The number of aromatic nitrogens is 2. The summed E-state index contributed by atoms with van der Waals surface area (Å²) in [4.78, 5) is 38.5. The molecule has 2 rings (SSSR count). The van der Waals surface area contributed by atoms with E-state index < -0.39 is 17.9 Å². The normalized spacial score (nSPS) is 16.6. The number of nitrogens with zero attached hydrogens (tertiary/aromatic N) is 3. The first-order valence-electron chi connectivity index (χ1n) is 9.92. The molecule has 170 valence electrons. The number of carbonyl (C=O) groups excluding carboxylic acids is 2. The van der Waals surface area contributed by atoms with Gasteiger partial charge < -0.3 is 19.6 Å². The molecule has 1 aliphatic heterocycles. The van der Waals surface area contributed by atoms with Crippen molar-refractivity contribution in [1.82, 2.24) is 15.0 Å². The van der Waals surface area contributed by atoms with E-state index in [2.05, 4.69) is 15.3 Å². The zero-order valence-corrected chi connectivity index (χ0v) is 17.9. The molecule has 1 aliphatic rings. The number of hydroxylamine groups is 2. The van der Waals surface area contributed by atoms with Crippen LogP contribution in [0.2, 0.25) is 5.02 Å². The van der Waals surface area contributed by atoms with E-state index in [4.69, 9.17) is 25.9 Å². The maximum Gasteiger partial charge on any atom is 0.326 e. The van der Waals surface area contributed by atoms with E-state index in [1.807, 2.05) is 5.06 Å². The highest BCUT2D eigenvalue weighted by atomic mass is 35.5. The highest BCUT2D eigenvalue weighted by Gasteiger charge is 2.35. The summed E-state index contributed by atoms with van der Waals surface area (Å²) in [6.07, 6.45) is 5.57. The quantitative estimate of drug-likeness (QED) is 0.430. The number of halogens is 1. The zero-order chi connectivity index (χ0) is 21.2. The molecule has 0 saturated carbocycles. The largest absolute Gasteiger partial charge is 0.465 e. The molecule has 0 aromatic carbocycles. The van der Waals surface area contributed by atoms with Crippen molar-refractivity contribution >= 4 is 29.5 Å². The van der Waals surface area contributed by atoms with Crippen LogP contribution in [0.1, 0.15) is 58.6 Å². The van der Waals surface area contributed by atoms with Crippen LogP contribution in [-0.4, -0.2) is 66.4 Å². The molecule has 1 unspecified atom stereocenters. The summed E-state index contributed by atoms with van der Waals surface area (Å²) in [7, 11) is 1.69. The minimum Gasteiger partial charge on any atom is -0.465 e. The van der Waals surface area contributed by atoms with Crippen molar-refractivity contribution in [2.75, 3.05) is 38.7 Å². The van der Waals surface area contributed by atoms with E-state index in [1.165, 1.54) is 12.6 Å². The number of rotatable bonds is 10. The molecule has 0 spiro atoms. The third-order valence-electron chi connectivity index (χ3n) is 4.66. The van der Waals surface area contributed by atoms with Crippen LogP contribution in [0.25, 0.3) is 0 Å². The molecule has 0 radical (unpaired) electrons. The molecule has 1 aromatic rings. The lowest BCUT2D eigenvalue weighted by Gasteiger charge is -2.33. The standard InChI is InChI=1S/C19H29ClN4O5.CH4/c1-4-28-17(25)15(18(26)29-5-2)16-14(20)12-22-19(23-16)21-10-9-13-8-6-7-11-24(13)27-3;/h12-13,15H,4-11H2,1-3H3,(H,21,22,23);1H4. The van der Waals surface area contributed by atoms with Gasteiger partial charge in [-0.2, -0.15) is 5.06 Å². The summed E-state index contributed by atoms with van der Waals surface area (Å²) < 4.78 is 10.0. The molecule has 30 heavy (non-hydrogen) atoms. The van der Waals surface area contributed by atoms with E-state index >= 15 is 0 Å². The van der Waals surface area contributed by atoms with Gasteiger partial charge in [-0.1, -0.05) is 25.4 Å². The first-order chi connectivity index (χ1) is 14.0. The number of hydrogen-bond acceptors (Lipinski definition) is 9. The third-order valence-corrected chi connectivity index (χ3v) is 4.95. The number of hydrogen-bond donors (Lipinski definition) is 1. The van der Waals surface area contributed by atoms with Crippen molar-refractivity contribution in [1.29, 1.82) is 0 Å². The minimum absolute atomic E-state index is 0. The molecule has 1 atom stereocenters. The molecule has 1 N–H and O–H groups in total. The van der Waals surface area contributed by atoms with Crippen molar-refractivity contribution in [2.45, 2.75) is 58.9 Å². The number of esters is 2. The molecule has 10 heteroatoms. The van der Waals surface area contributed by atoms with Gasteiger partial charge in [-0.3, -0.25) is 9.59 Å². The van der Waals surface area contributed by atoms with Gasteiger partial charge in [-0.05, 0) is 33.1 Å². The number of nitrogens with one attached hydrogen (secondary N) is 1. The summed E-state index contributed by atoms with van der Waals surface area (Å²) in [6.45, 7) is 5.09. The van der Waals surface area contributed by atoms with Crippen LogP contribution in [0.3, 0.4) is 0 Å². The maximum absolute atomic E-state index is 12.3. The molecule has 1 saturated heterocycles. The number of anilines is 1. The Morgan fingerprint density at radius 1 is 1.27 bits per heavy atom. The summed E-state index contributed by atoms with van der Waals surface area (Å²) >= 11 is 6.18. The second-order valence-corrected chi connectivity index (χ2v) is 6.96. The first-order valence-corrected chi connectivity index (χ1v) is 10.3. The third kappa shape index (κ3) is 7.07. The second-order valence-electron chi connectivity index (χ2n) is 6.55. The first kappa shape index (κ1) is 26.1. The van der Waals surface area contributed by atoms with Crippen LogP contribution in [0.5, 0.6) is 0 Å². The Labute approximate surface area is 183 Å². The summed E-state index contributed by atoms with van der Waals surface area (Å²) in [6, 6.07) is 0.319. The van der Waals surface area contributed by atoms with Gasteiger partial charge in [0.1, 0.15) is 0 Å². The predicted molar refractivity (Wildman–Crippen MR) is 114 cm³/mol. The van der Waals surface area contributed by atoms with Crippen molar-refractivity contribution in [3.63, 3.8) is 0 Å². The predicted octanol–water partition coefficient (Wildman–Crippen LogP) is 3.19. The van der Waals surface area contributed by atoms with Gasteiger partial charge in [-0.25, -0.2) is 9.97 Å². The Bertz CT molecular complexity index is 673. The van der Waals surface area contributed by atoms with Crippen molar-refractivity contribution in [3.8, 4) is 0 Å². The highest BCUT2D eigenvalue weighted by molar-refractivity contribution is 6.31. The fourth-order valence-electron chi connectivity index (χ4n) is 3.29. The average molecular weight is 445 g/mol. The topological polar surface area (TPSA) is 103 Å². The summed E-state index contributed by atoms with van der Waals surface area (Å²) in [5.41, 5.74) is 0.0669. The minimum atomic E-state index is -1.35. The smallest absolute Gasteiger partial charge is 0.326 e. The van der Waals surface area contributed by atoms with Crippen LogP contribution in [-0.2, 0) is 23.9 Å². The van der Waals surface area contributed by atoms with Gasteiger partial charge >= 0.3 is 11.9 Å². The molecule has 1 aromatic heterocycles. The molecule has 0 amide bonds. The molecular formula is C20H33ClN4O5. The lowest BCUT2D eigenvalue weighted by atomic mass is 10.0. The van der Waals surface area contributed by atoms with Crippen LogP contribution in [0.15, 0.2) is 6.20 Å². The van der Waals surface area contributed by atoms with E-state index in [9.17, 15) is 9.59 Å². The van der Waals surface area contributed by atoms with Gasteiger partial charge in [0.15, 0.2) is 5.92 Å². The zero-order valence-electron chi connectivity index (χ0n) is 17.1. The van der Waals surface area contributed by atoms with E-state index in [0.29, 0.717) is 12.6 Å². The Morgan fingerprint density at radius 3 is 2.53 bits per heavy atom. The molecule has 9 nitrogen and oxygen atoms in total. The molecule has 0 aliphatic carbocycles. The van der Waals surface area contributed by atoms with Gasteiger partial charge in [0.2, 0.25) is 5.95 Å². The fraction of sp³-hybridized carbons (Fsp3) is 0.700. The molecule has 2 heterocycles. The molecular weight excluding hydrogens is 412 g/mol. The Hall–Kier alpha value is -1.97. The van der Waals surface area contributed by atoms with Gasteiger partial charge in [0.25, 0.3) is 0 Å². The monoisotopic (exact) mass is 444 g/mol. The molecule has 1 fully saturated rings. The van der Waals surface area contributed by atoms with Crippen LogP contribution in [0.4, 0.5) is 5.95 Å². The maximum atomic E-state index is 12.3. The van der Waals surface area contributed by atoms with E-state index in [-0.39, 0.29) is 37.3 Å². The lowest BCUT2D eigenvalue weighted by Crippen LogP contribution is -2.39.